The Balaban J connectivity index is 2.57. The molecule has 1 heterocycles. The van der Waals surface area contributed by atoms with Gasteiger partial charge in [0.2, 0.25) is 0 Å². The zero-order chi connectivity index (χ0) is 17.2. The van der Waals surface area contributed by atoms with Crippen molar-refractivity contribution in [1.29, 1.82) is 0 Å². The van der Waals surface area contributed by atoms with Crippen molar-refractivity contribution in [2.45, 2.75) is 40.7 Å². The van der Waals surface area contributed by atoms with Gasteiger partial charge < -0.3 is 9.30 Å². The molecule has 0 N–H and O–H groups in total. The maximum absolute atomic E-state index is 11.7. The second kappa shape index (κ2) is 6.40. The fourth-order valence-electron chi connectivity index (χ4n) is 2.74. The van der Waals surface area contributed by atoms with Crippen LogP contribution in [-0.2, 0) is 22.5 Å². The molecule has 124 valence electrons. The third-order valence-corrected chi connectivity index (χ3v) is 3.49. The van der Waals surface area contributed by atoms with Gasteiger partial charge in [0.25, 0.3) is 5.69 Å². The molecular weight excluding hydrogens is 296 g/mol. The van der Waals surface area contributed by atoms with Crippen LogP contribution < -0.4 is 0 Å². The van der Waals surface area contributed by atoms with E-state index in [4.69, 9.17) is 4.74 Å². The van der Waals surface area contributed by atoms with Crippen LogP contribution in [0.25, 0.3) is 10.9 Å². The SMILES string of the molecule is CCOC(=O)Cn1cc([N+](=O)[O-])c2c(CC(C)(C)C)cccc21. The van der Waals surface area contributed by atoms with Crippen LogP contribution in [0.4, 0.5) is 5.69 Å². The van der Waals surface area contributed by atoms with E-state index in [9.17, 15) is 14.9 Å². The highest BCUT2D eigenvalue weighted by Gasteiger charge is 2.24. The molecule has 0 aliphatic rings. The Morgan fingerprint density at radius 1 is 1.35 bits per heavy atom. The topological polar surface area (TPSA) is 74.4 Å². The number of carbonyl (C=O) groups is 1. The lowest BCUT2D eigenvalue weighted by Crippen LogP contribution is -2.12. The molecule has 0 aliphatic heterocycles. The van der Waals surface area contributed by atoms with Gasteiger partial charge in [-0.15, -0.1) is 0 Å². The molecule has 23 heavy (non-hydrogen) atoms. The normalized spacial score (nSPS) is 11.7. The van der Waals surface area contributed by atoms with E-state index in [1.54, 1.807) is 17.6 Å². The molecule has 0 spiro atoms. The molecule has 0 atom stereocenters. The number of ether oxygens (including phenoxy) is 1. The number of hydrogen-bond donors (Lipinski definition) is 0. The predicted molar refractivity (Wildman–Crippen MR) is 88.4 cm³/mol. The van der Waals surface area contributed by atoms with E-state index >= 15 is 0 Å². The summed E-state index contributed by atoms with van der Waals surface area (Å²) in [7, 11) is 0. The highest BCUT2D eigenvalue weighted by atomic mass is 16.6. The van der Waals surface area contributed by atoms with Gasteiger partial charge in [-0.05, 0) is 30.4 Å². The number of rotatable bonds is 5. The molecule has 1 aromatic carbocycles. The summed E-state index contributed by atoms with van der Waals surface area (Å²) in [5.74, 6) is -0.402. The third kappa shape index (κ3) is 3.88. The standard InChI is InChI=1S/C17H22N2O4/c1-5-23-15(20)11-18-10-14(19(21)22)16-12(9-17(2,3)4)7-6-8-13(16)18/h6-8,10H,5,9,11H2,1-4H3. The van der Waals surface area contributed by atoms with Crippen molar-refractivity contribution >= 4 is 22.6 Å². The zero-order valence-corrected chi connectivity index (χ0v) is 14.0. The number of esters is 1. The summed E-state index contributed by atoms with van der Waals surface area (Å²) >= 11 is 0. The van der Waals surface area contributed by atoms with Crippen molar-refractivity contribution in [1.82, 2.24) is 4.57 Å². The molecular formula is C17H22N2O4. The Morgan fingerprint density at radius 3 is 2.61 bits per heavy atom. The summed E-state index contributed by atoms with van der Waals surface area (Å²) in [6.45, 7) is 8.26. The highest BCUT2D eigenvalue weighted by Crippen LogP contribution is 2.34. The van der Waals surface area contributed by atoms with Crippen molar-refractivity contribution in [2.24, 2.45) is 5.41 Å². The molecule has 0 fully saturated rings. The van der Waals surface area contributed by atoms with E-state index in [-0.39, 0.29) is 24.3 Å². The van der Waals surface area contributed by atoms with Crippen LogP contribution in [0, 0.1) is 15.5 Å². The lowest BCUT2D eigenvalue weighted by molar-refractivity contribution is -0.383. The van der Waals surface area contributed by atoms with Crippen molar-refractivity contribution in [3.05, 3.63) is 40.1 Å². The number of nitrogens with zero attached hydrogens (tertiary/aromatic N) is 2. The Hall–Kier alpha value is -2.37. The first-order valence-corrected chi connectivity index (χ1v) is 7.63. The van der Waals surface area contributed by atoms with E-state index in [0.717, 1.165) is 5.56 Å². The molecule has 0 radical (unpaired) electrons. The van der Waals surface area contributed by atoms with Gasteiger partial charge >= 0.3 is 5.97 Å². The number of carbonyl (C=O) groups excluding carboxylic acids is 1. The molecule has 0 amide bonds. The number of nitro groups is 1. The fraction of sp³-hybridized carbons (Fsp3) is 0.471. The van der Waals surface area contributed by atoms with Crippen molar-refractivity contribution in [3.8, 4) is 0 Å². The number of fused-ring (bicyclic) bond motifs is 1. The second-order valence-electron chi connectivity index (χ2n) is 6.75. The predicted octanol–water partition coefficient (Wildman–Crippen LogP) is 3.70. The Morgan fingerprint density at radius 2 is 2.04 bits per heavy atom. The summed E-state index contributed by atoms with van der Waals surface area (Å²) in [4.78, 5) is 22.8. The van der Waals surface area contributed by atoms with Gasteiger partial charge in [0.15, 0.2) is 0 Å². The molecule has 0 bridgehead atoms. The molecule has 6 nitrogen and oxygen atoms in total. The Bertz CT molecular complexity index is 741. The van der Waals surface area contributed by atoms with Gasteiger partial charge in [-0.1, -0.05) is 32.9 Å². The lowest BCUT2D eigenvalue weighted by Gasteiger charge is -2.18. The first-order valence-electron chi connectivity index (χ1n) is 7.63. The quantitative estimate of drug-likeness (QED) is 0.478. The first kappa shape index (κ1) is 17.0. The number of hydrogen-bond acceptors (Lipinski definition) is 4. The molecule has 2 rings (SSSR count). The summed E-state index contributed by atoms with van der Waals surface area (Å²) in [6.07, 6.45) is 2.14. The summed E-state index contributed by atoms with van der Waals surface area (Å²) in [5.41, 5.74) is 1.64. The monoisotopic (exact) mass is 318 g/mol. The smallest absolute Gasteiger partial charge is 0.325 e. The molecule has 0 aliphatic carbocycles. The van der Waals surface area contributed by atoms with E-state index < -0.39 is 10.9 Å². The average molecular weight is 318 g/mol. The Labute approximate surface area is 135 Å². The van der Waals surface area contributed by atoms with Crippen LogP contribution in [0.5, 0.6) is 0 Å². The maximum atomic E-state index is 11.7. The van der Waals surface area contributed by atoms with Crippen molar-refractivity contribution in [3.63, 3.8) is 0 Å². The zero-order valence-electron chi connectivity index (χ0n) is 14.0. The van der Waals surface area contributed by atoms with Gasteiger partial charge in [-0.25, -0.2) is 0 Å². The van der Waals surface area contributed by atoms with E-state index in [1.165, 1.54) is 6.20 Å². The fourth-order valence-corrected chi connectivity index (χ4v) is 2.74. The van der Waals surface area contributed by atoms with Crippen LogP contribution in [-0.4, -0.2) is 22.1 Å². The minimum absolute atomic E-state index is 0.00535. The Kier molecular flexibility index (Phi) is 4.73. The number of aromatic nitrogens is 1. The van der Waals surface area contributed by atoms with Gasteiger partial charge in [0.1, 0.15) is 6.54 Å². The highest BCUT2D eigenvalue weighted by molar-refractivity contribution is 5.93. The van der Waals surface area contributed by atoms with Crippen LogP contribution in [0.3, 0.4) is 0 Å². The minimum atomic E-state index is -0.402. The van der Waals surface area contributed by atoms with Gasteiger partial charge in [-0.3, -0.25) is 14.9 Å². The molecule has 0 unspecified atom stereocenters. The van der Waals surface area contributed by atoms with Crippen molar-refractivity contribution in [2.75, 3.05) is 6.61 Å². The second-order valence-corrected chi connectivity index (χ2v) is 6.75. The third-order valence-electron chi connectivity index (χ3n) is 3.49. The molecule has 2 aromatic rings. The number of benzene rings is 1. The van der Waals surface area contributed by atoms with Crippen LogP contribution >= 0.6 is 0 Å². The van der Waals surface area contributed by atoms with E-state index in [1.807, 2.05) is 12.1 Å². The van der Waals surface area contributed by atoms with Crippen LogP contribution in [0.2, 0.25) is 0 Å². The molecule has 0 saturated heterocycles. The van der Waals surface area contributed by atoms with Gasteiger partial charge in [0.05, 0.1) is 28.6 Å². The summed E-state index contributed by atoms with van der Waals surface area (Å²) < 4.78 is 6.54. The lowest BCUT2D eigenvalue weighted by atomic mass is 9.87. The van der Waals surface area contributed by atoms with Crippen molar-refractivity contribution < 1.29 is 14.5 Å². The molecule has 1 aromatic heterocycles. The maximum Gasteiger partial charge on any atom is 0.325 e. The molecule has 0 saturated carbocycles. The van der Waals surface area contributed by atoms with Crippen LogP contribution in [0.1, 0.15) is 33.3 Å². The summed E-state index contributed by atoms with van der Waals surface area (Å²) in [5, 5.41) is 12.0. The molecule has 6 heteroatoms. The largest absolute Gasteiger partial charge is 0.465 e. The van der Waals surface area contributed by atoms with Gasteiger partial charge in [-0.2, -0.15) is 0 Å². The van der Waals surface area contributed by atoms with Gasteiger partial charge in [0, 0.05) is 0 Å². The van der Waals surface area contributed by atoms with E-state index in [2.05, 4.69) is 20.8 Å². The summed E-state index contributed by atoms with van der Waals surface area (Å²) in [6, 6.07) is 5.58. The minimum Gasteiger partial charge on any atom is -0.465 e. The average Bonchev–Trinajstić information content (AvgIpc) is 2.77. The van der Waals surface area contributed by atoms with Crippen LogP contribution in [0.15, 0.2) is 24.4 Å². The van der Waals surface area contributed by atoms with E-state index in [0.29, 0.717) is 17.3 Å². The first-order chi connectivity index (χ1) is 10.7.